The van der Waals surface area contributed by atoms with E-state index in [2.05, 4.69) is 19.9 Å². The van der Waals surface area contributed by atoms with Crippen LogP contribution >= 0.6 is 11.6 Å². The number of halogens is 1. The lowest BCUT2D eigenvalue weighted by Crippen LogP contribution is -2.10. The first-order chi connectivity index (χ1) is 7.13. The lowest BCUT2D eigenvalue weighted by atomic mass is 9.97. The topological polar surface area (TPSA) is 35.2 Å². The Balaban J connectivity index is 3.25. The molecule has 1 rings (SSSR count). The Labute approximate surface area is 96.4 Å². The van der Waals surface area contributed by atoms with Crippen LogP contribution in [-0.2, 0) is 6.42 Å². The molecule has 0 aromatic heterocycles. The predicted octanol–water partition coefficient (Wildman–Crippen LogP) is 2.97. The van der Waals surface area contributed by atoms with Crippen molar-refractivity contribution in [1.82, 2.24) is 0 Å². The highest BCUT2D eigenvalue weighted by Gasteiger charge is 2.14. The van der Waals surface area contributed by atoms with Gasteiger partial charge in [-0.15, -0.1) is 0 Å². The molecule has 1 unspecified atom stereocenters. The van der Waals surface area contributed by atoms with Crippen molar-refractivity contribution in [3.63, 3.8) is 0 Å². The number of rotatable bonds is 4. The SMILES string of the molecule is CCc1cc(Cl)c(OC)c(C(C)CN)c1. The van der Waals surface area contributed by atoms with E-state index in [0.717, 1.165) is 17.7 Å². The van der Waals surface area contributed by atoms with Gasteiger partial charge in [0, 0.05) is 5.56 Å². The fourth-order valence-electron chi connectivity index (χ4n) is 1.59. The summed E-state index contributed by atoms with van der Waals surface area (Å²) in [6, 6.07) is 4.08. The monoisotopic (exact) mass is 227 g/mol. The van der Waals surface area contributed by atoms with Gasteiger partial charge in [-0.1, -0.05) is 31.5 Å². The molecule has 1 atom stereocenters. The molecule has 0 saturated carbocycles. The molecule has 0 amide bonds. The number of ether oxygens (including phenoxy) is 1. The molecule has 0 spiro atoms. The third-order valence-electron chi connectivity index (χ3n) is 2.63. The molecular formula is C12H18ClNO. The minimum Gasteiger partial charge on any atom is -0.495 e. The molecule has 0 saturated heterocycles. The van der Waals surface area contributed by atoms with Gasteiger partial charge >= 0.3 is 0 Å². The molecule has 2 N–H and O–H groups in total. The van der Waals surface area contributed by atoms with Crippen molar-refractivity contribution in [1.29, 1.82) is 0 Å². The summed E-state index contributed by atoms with van der Waals surface area (Å²) in [5.74, 6) is 1.02. The van der Waals surface area contributed by atoms with Crippen LogP contribution in [0.5, 0.6) is 5.75 Å². The third kappa shape index (κ3) is 2.64. The molecule has 2 nitrogen and oxygen atoms in total. The van der Waals surface area contributed by atoms with E-state index in [1.807, 2.05) is 6.07 Å². The summed E-state index contributed by atoms with van der Waals surface area (Å²) < 4.78 is 5.31. The molecule has 1 aromatic carbocycles. The first-order valence-electron chi connectivity index (χ1n) is 5.20. The van der Waals surface area contributed by atoms with Crippen LogP contribution in [0.15, 0.2) is 12.1 Å². The van der Waals surface area contributed by atoms with Crippen molar-refractivity contribution in [2.24, 2.45) is 5.73 Å². The quantitative estimate of drug-likeness (QED) is 0.859. The summed E-state index contributed by atoms with van der Waals surface area (Å²) in [5, 5.41) is 0.673. The number of aryl methyl sites for hydroxylation is 1. The number of methoxy groups -OCH3 is 1. The van der Waals surface area contributed by atoms with Crippen LogP contribution in [0.25, 0.3) is 0 Å². The van der Waals surface area contributed by atoms with Gasteiger partial charge in [-0.05, 0) is 30.5 Å². The highest BCUT2D eigenvalue weighted by molar-refractivity contribution is 6.32. The second-order valence-corrected chi connectivity index (χ2v) is 4.10. The zero-order valence-electron chi connectivity index (χ0n) is 9.51. The molecule has 0 aliphatic heterocycles. The van der Waals surface area contributed by atoms with Crippen LogP contribution in [0.3, 0.4) is 0 Å². The minimum atomic E-state index is 0.268. The molecule has 15 heavy (non-hydrogen) atoms. The number of hydrogen-bond acceptors (Lipinski definition) is 2. The standard InChI is InChI=1S/C12H18ClNO/c1-4-9-5-10(8(2)7-14)12(15-3)11(13)6-9/h5-6,8H,4,7,14H2,1-3H3. The zero-order chi connectivity index (χ0) is 11.4. The van der Waals surface area contributed by atoms with Crippen molar-refractivity contribution < 1.29 is 4.74 Å². The van der Waals surface area contributed by atoms with E-state index in [9.17, 15) is 0 Å². The number of benzene rings is 1. The van der Waals surface area contributed by atoms with Crippen molar-refractivity contribution in [2.45, 2.75) is 26.2 Å². The Morgan fingerprint density at radius 3 is 2.60 bits per heavy atom. The summed E-state index contributed by atoms with van der Waals surface area (Å²) in [6.45, 7) is 4.78. The lowest BCUT2D eigenvalue weighted by molar-refractivity contribution is 0.407. The fraction of sp³-hybridized carbons (Fsp3) is 0.500. The Hall–Kier alpha value is -0.730. The fourth-order valence-corrected chi connectivity index (χ4v) is 1.91. The zero-order valence-corrected chi connectivity index (χ0v) is 10.3. The van der Waals surface area contributed by atoms with E-state index in [1.165, 1.54) is 5.56 Å². The van der Waals surface area contributed by atoms with Crippen molar-refractivity contribution in [3.8, 4) is 5.75 Å². The normalized spacial score (nSPS) is 12.6. The predicted molar refractivity (Wildman–Crippen MR) is 64.9 cm³/mol. The molecule has 0 heterocycles. The largest absolute Gasteiger partial charge is 0.495 e. The minimum absolute atomic E-state index is 0.268. The number of nitrogens with two attached hydrogens (primary N) is 1. The average Bonchev–Trinajstić information content (AvgIpc) is 2.26. The maximum absolute atomic E-state index is 6.15. The van der Waals surface area contributed by atoms with Crippen LogP contribution in [-0.4, -0.2) is 13.7 Å². The van der Waals surface area contributed by atoms with E-state index >= 15 is 0 Å². The van der Waals surface area contributed by atoms with Gasteiger partial charge in [-0.3, -0.25) is 0 Å². The van der Waals surface area contributed by atoms with Gasteiger partial charge in [-0.2, -0.15) is 0 Å². The Kier molecular flexibility index (Phi) is 4.43. The van der Waals surface area contributed by atoms with E-state index < -0.39 is 0 Å². The lowest BCUT2D eigenvalue weighted by Gasteiger charge is -2.16. The molecule has 0 aliphatic rings. The van der Waals surface area contributed by atoms with Gasteiger partial charge in [0.15, 0.2) is 0 Å². The van der Waals surface area contributed by atoms with E-state index in [1.54, 1.807) is 7.11 Å². The molecule has 84 valence electrons. The summed E-state index contributed by atoms with van der Waals surface area (Å²) >= 11 is 6.15. The molecule has 1 aromatic rings. The Morgan fingerprint density at radius 2 is 2.13 bits per heavy atom. The average molecular weight is 228 g/mol. The second-order valence-electron chi connectivity index (χ2n) is 3.69. The maximum atomic E-state index is 6.15. The molecule has 3 heteroatoms. The van der Waals surface area contributed by atoms with E-state index in [0.29, 0.717) is 11.6 Å². The first kappa shape index (κ1) is 12.3. The maximum Gasteiger partial charge on any atom is 0.140 e. The summed E-state index contributed by atoms with van der Waals surface area (Å²) in [6.07, 6.45) is 0.966. The van der Waals surface area contributed by atoms with Crippen LogP contribution in [0, 0.1) is 0 Å². The smallest absolute Gasteiger partial charge is 0.140 e. The summed E-state index contributed by atoms with van der Waals surface area (Å²) in [5.41, 5.74) is 7.99. The summed E-state index contributed by atoms with van der Waals surface area (Å²) in [7, 11) is 1.64. The number of hydrogen-bond donors (Lipinski definition) is 1. The van der Waals surface area contributed by atoms with E-state index in [-0.39, 0.29) is 5.92 Å². The molecular weight excluding hydrogens is 210 g/mol. The van der Waals surface area contributed by atoms with Crippen molar-refractivity contribution >= 4 is 11.6 Å². The van der Waals surface area contributed by atoms with Crippen LogP contribution in [0.1, 0.15) is 30.9 Å². The van der Waals surface area contributed by atoms with Crippen molar-refractivity contribution in [3.05, 3.63) is 28.3 Å². The highest BCUT2D eigenvalue weighted by Crippen LogP contribution is 2.34. The van der Waals surface area contributed by atoms with E-state index in [4.69, 9.17) is 22.1 Å². The molecule has 0 fully saturated rings. The van der Waals surface area contributed by atoms with Crippen molar-refractivity contribution in [2.75, 3.05) is 13.7 Å². The van der Waals surface area contributed by atoms with Gasteiger partial charge in [-0.25, -0.2) is 0 Å². The Morgan fingerprint density at radius 1 is 1.47 bits per heavy atom. The van der Waals surface area contributed by atoms with Gasteiger partial charge in [0.2, 0.25) is 0 Å². The third-order valence-corrected chi connectivity index (χ3v) is 2.91. The van der Waals surface area contributed by atoms with Gasteiger partial charge in [0.1, 0.15) is 5.75 Å². The highest BCUT2D eigenvalue weighted by atomic mass is 35.5. The Bertz CT molecular complexity index is 339. The molecule has 0 radical (unpaired) electrons. The first-order valence-corrected chi connectivity index (χ1v) is 5.58. The van der Waals surface area contributed by atoms with Crippen LogP contribution < -0.4 is 10.5 Å². The molecule has 0 aliphatic carbocycles. The molecule has 0 bridgehead atoms. The summed E-state index contributed by atoms with van der Waals surface area (Å²) in [4.78, 5) is 0. The van der Waals surface area contributed by atoms with Gasteiger partial charge in [0.25, 0.3) is 0 Å². The van der Waals surface area contributed by atoms with Crippen LogP contribution in [0.2, 0.25) is 5.02 Å². The van der Waals surface area contributed by atoms with Gasteiger partial charge in [0.05, 0.1) is 12.1 Å². The van der Waals surface area contributed by atoms with Gasteiger partial charge < -0.3 is 10.5 Å². The van der Waals surface area contributed by atoms with Crippen LogP contribution in [0.4, 0.5) is 0 Å². The second kappa shape index (κ2) is 5.38.